The molecule has 2 heterocycles. The van der Waals surface area contributed by atoms with Crippen LogP contribution in [0.4, 0.5) is 13.2 Å². The van der Waals surface area contributed by atoms with Gasteiger partial charge in [0.2, 0.25) is 5.89 Å². The van der Waals surface area contributed by atoms with Gasteiger partial charge >= 0.3 is 6.18 Å². The molecule has 108 valence electrons. The molecule has 0 amide bonds. The summed E-state index contributed by atoms with van der Waals surface area (Å²) in [7, 11) is 0. The normalized spacial score (nSPS) is 11.8. The molecule has 20 heavy (non-hydrogen) atoms. The smallest absolute Gasteiger partial charge is 0.337 e. The molecule has 2 aromatic heterocycles. The second kappa shape index (κ2) is 5.06. The van der Waals surface area contributed by atoms with Crippen molar-refractivity contribution in [3.05, 3.63) is 39.7 Å². The van der Waals surface area contributed by atoms with Crippen molar-refractivity contribution in [2.24, 2.45) is 0 Å². The van der Waals surface area contributed by atoms with E-state index in [1.165, 1.54) is 10.9 Å². The van der Waals surface area contributed by atoms with E-state index in [9.17, 15) is 18.0 Å². The molecule has 2 rings (SSSR count). The highest BCUT2D eigenvalue weighted by molar-refractivity contribution is 5.12. The first-order valence-corrected chi connectivity index (χ1v) is 5.67. The fourth-order valence-electron chi connectivity index (χ4n) is 1.54. The van der Waals surface area contributed by atoms with Gasteiger partial charge in [0.1, 0.15) is 13.0 Å². The summed E-state index contributed by atoms with van der Waals surface area (Å²) in [4.78, 5) is 19.5. The fourth-order valence-corrected chi connectivity index (χ4v) is 1.54. The average molecular weight is 288 g/mol. The molecule has 0 atom stereocenters. The molecule has 0 spiro atoms. The maximum absolute atomic E-state index is 12.2. The quantitative estimate of drug-likeness (QED) is 0.853. The van der Waals surface area contributed by atoms with Crippen LogP contribution in [0.15, 0.2) is 15.6 Å². The average Bonchev–Trinajstić information content (AvgIpc) is 2.75. The van der Waals surface area contributed by atoms with Gasteiger partial charge in [-0.1, -0.05) is 5.16 Å². The molecule has 0 aliphatic rings. The van der Waals surface area contributed by atoms with Gasteiger partial charge in [-0.2, -0.15) is 18.2 Å². The second-order valence-corrected chi connectivity index (χ2v) is 4.28. The highest BCUT2D eigenvalue weighted by atomic mass is 19.4. The highest BCUT2D eigenvalue weighted by Gasteiger charge is 2.30. The molecule has 0 saturated heterocycles. The Labute approximate surface area is 111 Å². The predicted molar refractivity (Wildman–Crippen MR) is 61.1 cm³/mol. The van der Waals surface area contributed by atoms with E-state index in [4.69, 9.17) is 4.52 Å². The lowest BCUT2D eigenvalue weighted by molar-refractivity contribution is -0.128. The lowest BCUT2D eigenvalue weighted by Gasteiger charge is -2.04. The number of hydrogen-bond donors (Lipinski definition) is 0. The summed E-state index contributed by atoms with van der Waals surface area (Å²) in [5.41, 5.74) is 0.755. The molecule has 0 bridgehead atoms. The zero-order chi connectivity index (χ0) is 14.9. The molecule has 0 radical (unpaired) electrons. The van der Waals surface area contributed by atoms with Crippen molar-refractivity contribution >= 4 is 0 Å². The number of aryl methyl sites for hydroxylation is 1. The lowest BCUT2D eigenvalue weighted by atomic mass is 10.3. The fraction of sp³-hybridized carbons (Fsp3) is 0.455. The summed E-state index contributed by atoms with van der Waals surface area (Å²) < 4.78 is 42.3. The first-order chi connectivity index (χ1) is 9.26. The predicted octanol–water partition coefficient (Wildman–Crippen LogP) is 1.40. The zero-order valence-electron chi connectivity index (χ0n) is 10.7. The minimum atomic E-state index is -4.40. The number of aromatic nitrogens is 4. The lowest BCUT2D eigenvalue weighted by Crippen LogP contribution is -2.24. The Morgan fingerprint density at radius 3 is 2.70 bits per heavy atom. The van der Waals surface area contributed by atoms with Crippen LogP contribution in [0.25, 0.3) is 0 Å². The highest BCUT2D eigenvalue weighted by Crippen LogP contribution is 2.19. The third-order valence-electron chi connectivity index (χ3n) is 2.69. The second-order valence-electron chi connectivity index (χ2n) is 4.28. The van der Waals surface area contributed by atoms with Gasteiger partial charge < -0.3 is 4.52 Å². The number of halogens is 3. The third kappa shape index (κ3) is 3.22. The molecule has 0 aromatic carbocycles. The van der Waals surface area contributed by atoms with Crippen molar-refractivity contribution in [3.8, 4) is 0 Å². The van der Waals surface area contributed by atoms with Crippen LogP contribution in [-0.2, 0) is 13.0 Å². The molecule has 0 aliphatic heterocycles. The summed E-state index contributed by atoms with van der Waals surface area (Å²) in [6, 6.07) is 0. The van der Waals surface area contributed by atoms with Crippen LogP contribution < -0.4 is 5.56 Å². The molecule has 6 nitrogen and oxygen atoms in total. The summed E-state index contributed by atoms with van der Waals surface area (Å²) in [6.07, 6.45) is -4.38. The Morgan fingerprint density at radius 1 is 1.35 bits per heavy atom. The van der Waals surface area contributed by atoms with Crippen LogP contribution in [0, 0.1) is 13.8 Å². The van der Waals surface area contributed by atoms with Gasteiger partial charge in [-0.3, -0.25) is 9.36 Å². The van der Waals surface area contributed by atoms with Gasteiger partial charge in [-0.05, 0) is 13.8 Å². The monoisotopic (exact) mass is 288 g/mol. The summed E-state index contributed by atoms with van der Waals surface area (Å²) in [5.74, 6) is -0.534. The first-order valence-electron chi connectivity index (χ1n) is 5.67. The zero-order valence-corrected chi connectivity index (χ0v) is 10.7. The summed E-state index contributed by atoms with van der Waals surface area (Å²) >= 11 is 0. The van der Waals surface area contributed by atoms with Crippen LogP contribution in [0.2, 0.25) is 0 Å². The molecular weight excluding hydrogens is 277 g/mol. The van der Waals surface area contributed by atoms with E-state index >= 15 is 0 Å². The summed E-state index contributed by atoms with van der Waals surface area (Å²) in [5, 5.41) is 3.23. The summed E-state index contributed by atoms with van der Waals surface area (Å²) in [6.45, 7) is 3.19. The van der Waals surface area contributed by atoms with E-state index < -0.39 is 18.4 Å². The molecular formula is C11H11F3N4O2. The van der Waals surface area contributed by atoms with Crippen LogP contribution in [0.5, 0.6) is 0 Å². The Bertz CT molecular complexity index is 675. The van der Waals surface area contributed by atoms with Gasteiger partial charge in [0.15, 0.2) is 5.82 Å². The molecule has 0 aliphatic carbocycles. The van der Waals surface area contributed by atoms with E-state index in [1.807, 2.05) is 0 Å². The van der Waals surface area contributed by atoms with E-state index in [2.05, 4.69) is 15.1 Å². The number of nitrogens with zero attached hydrogens (tertiary/aromatic N) is 4. The first kappa shape index (κ1) is 14.2. The van der Waals surface area contributed by atoms with Crippen LogP contribution in [-0.4, -0.2) is 25.9 Å². The Hall–Kier alpha value is -2.19. The van der Waals surface area contributed by atoms with Crippen molar-refractivity contribution in [1.82, 2.24) is 19.7 Å². The van der Waals surface area contributed by atoms with Gasteiger partial charge in [0, 0.05) is 11.3 Å². The van der Waals surface area contributed by atoms with Gasteiger partial charge in [-0.15, -0.1) is 0 Å². The largest absolute Gasteiger partial charge is 0.396 e. The van der Waals surface area contributed by atoms with E-state index in [1.54, 1.807) is 13.8 Å². The van der Waals surface area contributed by atoms with Gasteiger partial charge in [0.25, 0.3) is 5.56 Å². The van der Waals surface area contributed by atoms with Crippen molar-refractivity contribution in [3.63, 3.8) is 0 Å². The van der Waals surface area contributed by atoms with E-state index in [0.717, 1.165) is 0 Å². The van der Waals surface area contributed by atoms with Crippen molar-refractivity contribution in [2.45, 2.75) is 33.0 Å². The van der Waals surface area contributed by atoms with E-state index in [-0.39, 0.29) is 18.0 Å². The topological polar surface area (TPSA) is 73.8 Å². The maximum Gasteiger partial charge on any atom is 0.396 e. The maximum atomic E-state index is 12.2. The van der Waals surface area contributed by atoms with Crippen molar-refractivity contribution < 1.29 is 17.7 Å². The van der Waals surface area contributed by atoms with Crippen molar-refractivity contribution in [2.75, 3.05) is 0 Å². The van der Waals surface area contributed by atoms with E-state index in [0.29, 0.717) is 11.3 Å². The van der Waals surface area contributed by atoms with Crippen molar-refractivity contribution in [1.29, 1.82) is 0 Å². The molecule has 0 saturated carbocycles. The Kier molecular flexibility index (Phi) is 3.60. The molecule has 2 aromatic rings. The SMILES string of the molecule is Cc1ncn(Cc2nc(CC(F)(F)F)no2)c(=O)c1C. The minimum absolute atomic E-state index is 0.0728. The third-order valence-corrected chi connectivity index (χ3v) is 2.69. The Morgan fingerprint density at radius 2 is 2.05 bits per heavy atom. The van der Waals surface area contributed by atoms with Gasteiger partial charge in [0.05, 0.1) is 6.33 Å². The van der Waals surface area contributed by atoms with Crippen LogP contribution in [0.3, 0.4) is 0 Å². The Balaban J connectivity index is 2.19. The molecule has 0 unspecified atom stereocenters. The standard InChI is InChI=1S/C11H11F3N4O2/c1-6-7(2)15-5-18(10(6)19)4-9-16-8(17-20-9)3-11(12,13)14/h5H,3-4H2,1-2H3. The van der Waals surface area contributed by atoms with Crippen LogP contribution in [0.1, 0.15) is 23.0 Å². The number of alkyl halides is 3. The minimum Gasteiger partial charge on any atom is -0.337 e. The van der Waals surface area contributed by atoms with Crippen LogP contribution >= 0.6 is 0 Å². The number of hydrogen-bond acceptors (Lipinski definition) is 5. The van der Waals surface area contributed by atoms with Gasteiger partial charge in [-0.25, -0.2) is 4.98 Å². The molecule has 0 N–H and O–H groups in total. The number of rotatable bonds is 3. The molecule has 9 heteroatoms. The molecule has 0 fully saturated rings.